The van der Waals surface area contributed by atoms with Gasteiger partial charge in [-0.3, -0.25) is 9.48 Å². The fourth-order valence-electron chi connectivity index (χ4n) is 1.65. The Morgan fingerprint density at radius 1 is 1.47 bits per heavy atom. The van der Waals surface area contributed by atoms with Crippen molar-refractivity contribution in [2.75, 3.05) is 11.1 Å². The summed E-state index contributed by atoms with van der Waals surface area (Å²) in [6.45, 7) is 2.45. The average molecular weight is 279 g/mol. The van der Waals surface area contributed by atoms with E-state index in [0.29, 0.717) is 29.4 Å². The third-order valence-electron chi connectivity index (χ3n) is 2.62. The number of nitrogens with two attached hydrogens (primary N) is 1. The molecule has 0 radical (unpaired) electrons. The highest BCUT2D eigenvalue weighted by Gasteiger charge is 2.05. The van der Waals surface area contributed by atoms with Crippen LogP contribution in [0, 0.1) is 6.92 Å². The number of benzene rings is 1. The molecule has 0 fully saturated rings. The van der Waals surface area contributed by atoms with Crippen molar-refractivity contribution in [1.29, 1.82) is 0 Å². The molecule has 3 N–H and O–H groups in total. The third-order valence-corrected chi connectivity index (χ3v) is 2.97. The van der Waals surface area contributed by atoms with Crippen LogP contribution in [0.25, 0.3) is 0 Å². The van der Waals surface area contributed by atoms with Gasteiger partial charge in [0.2, 0.25) is 5.91 Å². The molecule has 1 amide bonds. The third kappa shape index (κ3) is 3.72. The van der Waals surface area contributed by atoms with Crippen LogP contribution in [0.15, 0.2) is 30.5 Å². The molecule has 0 bridgehead atoms. The number of carbonyl (C=O) groups is 1. The number of anilines is 2. The number of aryl methyl sites for hydroxylation is 2. The van der Waals surface area contributed by atoms with E-state index in [0.717, 1.165) is 5.69 Å². The first-order valence-electron chi connectivity index (χ1n) is 5.89. The molecule has 0 aliphatic carbocycles. The summed E-state index contributed by atoms with van der Waals surface area (Å²) in [6.07, 6.45) is 2.20. The number of carbonyl (C=O) groups excluding carboxylic acids is 1. The van der Waals surface area contributed by atoms with E-state index in [2.05, 4.69) is 10.4 Å². The number of hydrogen-bond acceptors (Lipinski definition) is 3. The van der Waals surface area contributed by atoms with Crippen LogP contribution >= 0.6 is 11.6 Å². The summed E-state index contributed by atoms with van der Waals surface area (Å²) in [4.78, 5) is 11.8. The van der Waals surface area contributed by atoms with Gasteiger partial charge in [-0.15, -0.1) is 0 Å². The SMILES string of the molecule is Cc1ccn(CCC(=O)Nc2ccc(Cl)c(N)c2)n1. The van der Waals surface area contributed by atoms with E-state index >= 15 is 0 Å². The van der Waals surface area contributed by atoms with Gasteiger partial charge in [0.25, 0.3) is 0 Å². The molecule has 0 saturated carbocycles. The molecule has 0 atom stereocenters. The Labute approximate surface area is 116 Å². The highest BCUT2D eigenvalue weighted by Crippen LogP contribution is 2.22. The molecule has 1 heterocycles. The maximum Gasteiger partial charge on any atom is 0.226 e. The van der Waals surface area contributed by atoms with Gasteiger partial charge in [0, 0.05) is 24.8 Å². The van der Waals surface area contributed by atoms with Gasteiger partial charge in [-0.25, -0.2) is 0 Å². The van der Waals surface area contributed by atoms with Crippen LogP contribution in [-0.2, 0) is 11.3 Å². The van der Waals surface area contributed by atoms with Crippen molar-refractivity contribution in [1.82, 2.24) is 9.78 Å². The smallest absolute Gasteiger partial charge is 0.226 e. The summed E-state index contributed by atoms with van der Waals surface area (Å²) in [5.74, 6) is -0.0881. The molecule has 0 aliphatic rings. The summed E-state index contributed by atoms with van der Waals surface area (Å²) >= 11 is 5.81. The van der Waals surface area contributed by atoms with Gasteiger partial charge in [-0.05, 0) is 31.2 Å². The number of nitrogens with one attached hydrogen (secondary N) is 1. The molecule has 0 aliphatic heterocycles. The van der Waals surface area contributed by atoms with Crippen LogP contribution in [0.1, 0.15) is 12.1 Å². The number of nitrogen functional groups attached to an aromatic ring is 1. The Morgan fingerprint density at radius 3 is 2.89 bits per heavy atom. The Kier molecular flexibility index (Phi) is 4.06. The summed E-state index contributed by atoms with van der Waals surface area (Å²) in [7, 11) is 0. The summed E-state index contributed by atoms with van der Waals surface area (Å²) in [5.41, 5.74) is 7.69. The van der Waals surface area contributed by atoms with Crippen molar-refractivity contribution in [2.45, 2.75) is 19.9 Å². The molecule has 100 valence electrons. The van der Waals surface area contributed by atoms with Gasteiger partial charge in [-0.1, -0.05) is 11.6 Å². The predicted molar refractivity (Wildman–Crippen MR) is 76.1 cm³/mol. The van der Waals surface area contributed by atoms with E-state index in [1.807, 2.05) is 19.2 Å². The lowest BCUT2D eigenvalue weighted by atomic mass is 10.2. The molecule has 19 heavy (non-hydrogen) atoms. The van der Waals surface area contributed by atoms with Crippen molar-refractivity contribution >= 4 is 28.9 Å². The van der Waals surface area contributed by atoms with Crippen LogP contribution in [0.5, 0.6) is 0 Å². The first-order chi connectivity index (χ1) is 9.04. The number of aromatic nitrogens is 2. The molecule has 1 aromatic carbocycles. The zero-order valence-corrected chi connectivity index (χ0v) is 11.3. The van der Waals surface area contributed by atoms with Crippen LogP contribution < -0.4 is 11.1 Å². The lowest BCUT2D eigenvalue weighted by molar-refractivity contribution is -0.116. The summed E-state index contributed by atoms with van der Waals surface area (Å²) in [6, 6.07) is 6.91. The Morgan fingerprint density at radius 2 is 2.26 bits per heavy atom. The van der Waals surface area contributed by atoms with Gasteiger partial charge < -0.3 is 11.1 Å². The van der Waals surface area contributed by atoms with Crippen LogP contribution in [0.3, 0.4) is 0 Å². The zero-order valence-electron chi connectivity index (χ0n) is 10.6. The number of halogens is 1. The Balaban J connectivity index is 1.88. The van der Waals surface area contributed by atoms with Crippen LogP contribution in [0.4, 0.5) is 11.4 Å². The number of rotatable bonds is 4. The number of amides is 1. The quantitative estimate of drug-likeness (QED) is 0.844. The normalized spacial score (nSPS) is 10.4. The molecular formula is C13H15ClN4O. The van der Waals surface area contributed by atoms with E-state index in [-0.39, 0.29) is 5.91 Å². The molecule has 0 spiro atoms. The Bertz CT molecular complexity index is 594. The van der Waals surface area contributed by atoms with E-state index in [1.165, 1.54) is 0 Å². The van der Waals surface area contributed by atoms with Gasteiger partial charge in [0.1, 0.15) is 0 Å². The van der Waals surface area contributed by atoms with Gasteiger partial charge in [-0.2, -0.15) is 5.10 Å². The van der Waals surface area contributed by atoms with E-state index in [9.17, 15) is 4.79 Å². The van der Waals surface area contributed by atoms with Gasteiger partial charge in [0.05, 0.1) is 16.4 Å². The zero-order chi connectivity index (χ0) is 13.8. The molecule has 6 heteroatoms. The minimum atomic E-state index is -0.0881. The largest absolute Gasteiger partial charge is 0.397 e. The van der Waals surface area contributed by atoms with E-state index < -0.39 is 0 Å². The molecule has 5 nitrogen and oxygen atoms in total. The lowest BCUT2D eigenvalue weighted by Crippen LogP contribution is -2.14. The monoisotopic (exact) mass is 278 g/mol. The fraction of sp³-hybridized carbons (Fsp3) is 0.231. The first kappa shape index (κ1) is 13.4. The summed E-state index contributed by atoms with van der Waals surface area (Å²) in [5, 5.41) is 7.46. The molecule has 2 aromatic rings. The van der Waals surface area contributed by atoms with Crippen molar-refractivity contribution < 1.29 is 4.79 Å². The number of nitrogens with zero attached hydrogens (tertiary/aromatic N) is 2. The topological polar surface area (TPSA) is 72.9 Å². The molecule has 0 unspecified atom stereocenters. The predicted octanol–water partition coefficient (Wildman–Crippen LogP) is 2.46. The highest BCUT2D eigenvalue weighted by atomic mass is 35.5. The lowest BCUT2D eigenvalue weighted by Gasteiger charge is -2.07. The summed E-state index contributed by atoms with van der Waals surface area (Å²) < 4.78 is 1.74. The van der Waals surface area contributed by atoms with E-state index in [1.54, 1.807) is 22.9 Å². The van der Waals surface area contributed by atoms with Crippen molar-refractivity contribution in [3.05, 3.63) is 41.2 Å². The van der Waals surface area contributed by atoms with Crippen LogP contribution in [0.2, 0.25) is 5.02 Å². The molecule has 1 aromatic heterocycles. The standard InChI is InChI=1S/C13H15ClN4O/c1-9-4-6-18(17-9)7-5-13(19)16-10-2-3-11(14)12(15)8-10/h2-4,6,8H,5,7,15H2,1H3,(H,16,19). The maximum atomic E-state index is 11.8. The second-order valence-electron chi connectivity index (χ2n) is 4.25. The molecule has 0 saturated heterocycles. The van der Waals surface area contributed by atoms with Crippen molar-refractivity contribution in [2.24, 2.45) is 0 Å². The highest BCUT2D eigenvalue weighted by molar-refractivity contribution is 6.33. The average Bonchev–Trinajstić information content (AvgIpc) is 2.77. The number of hydrogen-bond donors (Lipinski definition) is 2. The van der Waals surface area contributed by atoms with Crippen molar-refractivity contribution in [3.8, 4) is 0 Å². The van der Waals surface area contributed by atoms with E-state index in [4.69, 9.17) is 17.3 Å². The van der Waals surface area contributed by atoms with Crippen molar-refractivity contribution in [3.63, 3.8) is 0 Å². The molecular weight excluding hydrogens is 264 g/mol. The van der Waals surface area contributed by atoms with Gasteiger partial charge >= 0.3 is 0 Å². The van der Waals surface area contributed by atoms with Crippen LogP contribution in [-0.4, -0.2) is 15.7 Å². The molecule has 2 rings (SSSR count). The second kappa shape index (κ2) is 5.75. The fourth-order valence-corrected chi connectivity index (χ4v) is 1.77. The Hall–Kier alpha value is -2.01. The second-order valence-corrected chi connectivity index (χ2v) is 4.66. The minimum Gasteiger partial charge on any atom is -0.397 e. The maximum absolute atomic E-state index is 11.8. The van der Waals surface area contributed by atoms with Gasteiger partial charge in [0.15, 0.2) is 0 Å². The first-order valence-corrected chi connectivity index (χ1v) is 6.27. The minimum absolute atomic E-state index is 0.0881.